The molecule has 0 bridgehead atoms. The zero-order valence-electron chi connectivity index (χ0n) is 16.3. The second-order valence-electron chi connectivity index (χ2n) is 7.02. The van der Waals surface area contributed by atoms with E-state index in [0.717, 1.165) is 48.7 Å². The molecule has 1 N–H and O–H groups in total. The van der Waals surface area contributed by atoms with Crippen molar-refractivity contribution in [3.63, 3.8) is 0 Å². The van der Waals surface area contributed by atoms with Crippen LogP contribution in [0, 0.1) is 0 Å². The van der Waals surface area contributed by atoms with Gasteiger partial charge in [0, 0.05) is 10.8 Å². The largest absolute Gasteiger partial charge is 0.488 e. The fourth-order valence-electron chi connectivity index (χ4n) is 3.22. The Balaban J connectivity index is 1.56. The summed E-state index contributed by atoms with van der Waals surface area (Å²) in [6, 6.07) is 26.1. The molecule has 3 nitrogen and oxygen atoms in total. The molecule has 1 unspecified atom stereocenters. The number of aliphatic hydroxyl groups is 1. The van der Waals surface area contributed by atoms with Crippen molar-refractivity contribution in [3.05, 3.63) is 100 Å². The van der Waals surface area contributed by atoms with Gasteiger partial charge in [-0.05, 0) is 56.1 Å². The summed E-state index contributed by atoms with van der Waals surface area (Å²) in [5, 5.41) is 12.3. The molecule has 0 saturated carbocycles. The van der Waals surface area contributed by atoms with Gasteiger partial charge in [-0.15, -0.1) is 9.24 Å². The van der Waals surface area contributed by atoms with Crippen LogP contribution < -0.4 is 14.8 Å². The lowest BCUT2D eigenvalue weighted by Crippen LogP contribution is -2.00. The molecule has 1 atom stereocenters. The van der Waals surface area contributed by atoms with Gasteiger partial charge < -0.3 is 14.6 Å². The quantitative estimate of drug-likeness (QED) is 0.342. The number of hydrogen-bond acceptors (Lipinski definition) is 3. The lowest BCUT2D eigenvalue weighted by Gasteiger charge is -2.15. The highest BCUT2D eigenvalue weighted by atomic mass is 79.9. The number of rotatable bonds is 7. The molecule has 30 heavy (non-hydrogen) atoms. The van der Waals surface area contributed by atoms with Crippen molar-refractivity contribution in [2.24, 2.45) is 0 Å². The minimum absolute atomic E-state index is 0.0453. The van der Waals surface area contributed by atoms with Crippen LogP contribution in [0.1, 0.15) is 16.7 Å². The maximum atomic E-state index is 9.18. The fourth-order valence-corrected chi connectivity index (χ4v) is 3.87. The first-order valence-corrected chi connectivity index (χ1v) is 11.0. The van der Waals surface area contributed by atoms with E-state index >= 15 is 0 Å². The maximum absolute atomic E-state index is 9.18. The number of hydrogen-bond donors (Lipinski definition) is 1. The van der Waals surface area contributed by atoms with E-state index in [4.69, 9.17) is 9.47 Å². The minimum Gasteiger partial charge on any atom is -0.488 e. The van der Waals surface area contributed by atoms with Gasteiger partial charge in [0.1, 0.15) is 24.7 Å². The molecule has 0 heterocycles. The topological polar surface area (TPSA) is 38.7 Å². The second kappa shape index (κ2) is 9.61. The SMILES string of the molecule is OCc1ccc(COc2cccc3c(OCc4ccc(P)cc4)c(Br)ccc23)cc1. The van der Waals surface area contributed by atoms with Crippen LogP contribution in [0.5, 0.6) is 11.5 Å². The molecule has 0 aliphatic heterocycles. The maximum Gasteiger partial charge on any atom is 0.141 e. The van der Waals surface area contributed by atoms with E-state index in [0.29, 0.717) is 13.2 Å². The molecule has 0 radical (unpaired) electrons. The molecule has 0 aliphatic carbocycles. The van der Waals surface area contributed by atoms with Gasteiger partial charge in [0.05, 0.1) is 11.1 Å². The van der Waals surface area contributed by atoms with Gasteiger partial charge in [0.15, 0.2) is 0 Å². The summed E-state index contributed by atoms with van der Waals surface area (Å²) in [7, 11) is 2.69. The number of benzene rings is 4. The smallest absolute Gasteiger partial charge is 0.141 e. The summed E-state index contributed by atoms with van der Waals surface area (Å²) in [4.78, 5) is 0. The normalized spacial score (nSPS) is 10.9. The molecule has 0 amide bonds. The van der Waals surface area contributed by atoms with E-state index in [9.17, 15) is 5.11 Å². The first-order valence-electron chi connectivity index (χ1n) is 9.64. The Morgan fingerprint density at radius 1 is 0.700 bits per heavy atom. The van der Waals surface area contributed by atoms with Crippen LogP contribution in [0.4, 0.5) is 0 Å². The van der Waals surface area contributed by atoms with Gasteiger partial charge in [-0.1, -0.05) is 60.7 Å². The molecule has 0 saturated heterocycles. The lowest BCUT2D eigenvalue weighted by molar-refractivity contribution is 0.281. The summed E-state index contributed by atoms with van der Waals surface area (Å²) >= 11 is 3.63. The summed E-state index contributed by atoms with van der Waals surface area (Å²) in [6.07, 6.45) is 0. The number of ether oxygens (including phenoxy) is 2. The summed E-state index contributed by atoms with van der Waals surface area (Å²) in [6.45, 7) is 0.993. The van der Waals surface area contributed by atoms with Gasteiger partial charge in [0.2, 0.25) is 0 Å². The van der Waals surface area contributed by atoms with Crippen molar-refractivity contribution in [2.45, 2.75) is 19.8 Å². The van der Waals surface area contributed by atoms with E-state index < -0.39 is 0 Å². The average molecular weight is 481 g/mol. The molecule has 0 spiro atoms. The van der Waals surface area contributed by atoms with Gasteiger partial charge in [-0.25, -0.2) is 0 Å². The third kappa shape index (κ3) is 4.84. The molecular weight excluding hydrogens is 459 g/mol. The van der Waals surface area contributed by atoms with Gasteiger partial charge >= 0.3 is 0 Å². The van der Waals surface area contributed by atoms with E-state index in [1.807, 2.05) is 54.6 Å². The van der Waals surface area contributed by atoms with Crippen LogP contribution in [0.25, 0.3) is 10.8 Å². The van der Waals surface area contributed by atoms with Crippen LogP contribution in [0.15, 0.2) is 83.3 Å². The Labute approximate surface area is 187 Å². The van der Waals surface area contributed by atoms with E-state index in [2.05, 4.69) is 49.4 Å². The summed E-state index contributed by atoms with van der Waals surface area (Å²) in [5.74, 6) is 1.61. The van der Waals surface area contributed by atoms with Crippen LogP contribution in [0.3, 0.4) is 0 Å². The third-order valence-corrected chi connectivity index (χ3v) is 5.90. The van der Waals surface area contributed by atoms with Gasteiger partial charge in [-0.2, -0.15) is 0 Å². The molecule has 0 aromatic heterocycles. The number of halogens is 1. The monoisotopic (exact) mass is 480 g/mol. The van der Waals surface area contributed by atoms with Crippen molar-refractivity contribution in [1.29, 1.82) is 0 Å². The fraction of sp³-hybridized carbons (Fsp3) is 0.120. The Hall–Kier alpha value is -2.39. The van der Waals surface area contributed by atoms with Crippen molar-refractivity contribution < 1.29 is 14.6 Å². The van der Waals surface area contributed by atoms with Crippen molar-refractivity contribution in [1.82, 2.24) is 0 Å². The number of fused-ring (bicyclic) bond motifs is 1. The Kier molecular flexibility index (Phi) is 6.69. The van der Waals surface area contributed by atoms with Crippen LogP contribution in [-0.2, 0) is 19.8 Å². The Morgan fingerprint density at radius 2 is 1.33 bits per heavy atom. The highest BCUT2D eigenvalue weighted by Gasteiger charge is 2.11. The molecule has 0 fully saturated rings. The average Bonchev–Trinajstić information content (AvgIpc) is 2.78. The van der Waals surface area contributed by atoms with E-state index in [-0.39, 0.29) is 6.61 Å². The predicted octanol–water partition coefficient (Wildman–Crippen LogP) is 5.75. The standard InChI is InChI=1S/C25H22BrO3P/c26-23-13-12-21-22(25(23)29-16-19-8-10-20(30)11-9-19)2-1-3-24(21)28-15-18-6-4-17(14-27)5-7-18/h1-13,27H,14-16,30H2. The molecule has 5 heteroatoms. The lowest BCUT2D eigenvalue weighted by atomic mass is 10.1. The van der Waals surface area contributed by atoms with Gasteiger partial charge in [0.25, 0.3) is 0 Å². The first kappa shape index (κ1) is 20.9. The molecular formula is C25H22BrO3P. The zero-order valence-corrected chi connectivity index (χ0v) is 19.1. The van der Waals surface area contributed by atoms with E-state index in [1.54, 1.807) is 0 Å². The summed E-state index contributed by atoms with van der Waals surface area (Å²) in [5.41, 5.74) is 3.06. The zero-order chi connectivity index (χ0) is 20.9. The van der Waals surface area contributed by atoms with Crippen LogP contribution in [0.2, 0.25) is 0 Å². The molecule has 152 valence electrons. The van der Waals surface area contributed by atoms with Crippen LogP contribution in [-0.4, -0.2) is 5.11 Å². The van der Waals surface area contributed by atoms with E-state index in [1.165, 1.54) is 0 Å². The molecule has 4 aromatic rings. The minimum atomic E-state index is 0.0453. The molecule has 0 aliphatic rings. The highest BCUT2D eigenvalue weighted by Crippen LogP contribution is 2.38. The highest BCUT2D eigenvalue weighted by molar-refractivity contribution is 9.10. The van der Waals surface area contributed by atoms with Crippen molar-refractivity contribution in [3.8, 4) is 11.5 Å². The van der Waals surface area contributed by atoms with Gasteiger partial charge in [-0.3, -0.25) is 0 Å². The predicted molar refractivity (Wildman–Crippen MR) is 128 cm³/mol. The summed E-state index contributed by atoms with van der Waals surface area (Å²) < 4.78 is 13.2. The first-order chi connectivity index (χ1) is 14.6. The van der Waals surface area contributed by atoms with Crippen molar-refractivity contribution >= 4 is 41.2 Å². The third-order valence-electron chi connectivity index (χ3n) is 4.89. The Morgan fingerprint density at radius 3 is 2.03 bits per heavy atom. The molecule has 4 aromatic carbocycles. The van der Waals surface area contributed by atoms with Crippen LogP contribution >= 0.6 is 25.2 Å². The Bertz CT molecular complexity index is 1140. The number of aliphatic hydroxyl groups excluding tert-OH is 1. The van der Waals surface area contributed by atoms with Crippen molar-refractivity contribution in [2.75, 3.05) is 0 Å². The molecule has 4 rings (SSSR count). The second-order valence-corrected chi connectivity index (χ2v) is 8.54.